The smallest absolute Gasteiger partial charge is 0.251 e. The molecule has 1 aromatic carbocycles. The Morgan fingerprint density at radius 1 is 1.20 bits per heavy atom. The van der Waals surface area contributed by atoms with Gasteiger partial charge in [0.05, 0.1) is 11.7 Å². The molecule has 0 saturated carbocycles. The number of benzene rings is 1. The molecule has 0 fully saturated rings. The molecule has 2 heterocycles. The Morgan fingerprint density at radius 2 is 2.08 bits per heavy atom. The number of oxazole rings is 1. The van der Waals surface area contributed by atoms with E-state index in [4.69, 9.17) is 4.42 Å². The number of carbonyl (C=O) groups is 1. The van der Waals surface area contributed by atoms with Crippen LogP contribution in [0.5, 0.6) is 0 Å². The summed E-state index contributed by atoms with van der Waals surface area (Å²) in [6.45, 7) is 3.79. The van der Waals surface area contributed by atoms with Crippen LogP contribution in [0.3, 0.4) is 0 Å². The highest BCUT2D eigenvalue weighted by molar-refractivity contribution is 5.94. The molecule has 1 aliphatic carbocycles. The standard InChI is InChI=1S/C20H19N3O2/c1-12-9-15(7-8-21-12)19(24)23-18-6-4-14-10-16(3-5-17(14)18)20-22-13(2)11-25-20/h3,5,7-11,18H,4,6H2,1-2H3,(H,23,24). The van der Waals surface area contributed by atoms with Crippen molar-refractivity contribution >= 4 is 5.91 Å². The van der Waals surface area contributed by atoms with Gasteiger partial charge in [0.2, 0.25) is 5.89 Å². The van der Waals surface area contributed by atoms with Crippen molar-refractivity contribution in [2.75, 3.05) is 0 Å². The zero-order chi connectivity index (χ0) is 17.4. The summed E-state index contributed by atoms with van der Waals surface area (Å²) in [6, 6.07) is 9.77. The first-order chi connectivity index (χ1) is 12.1. The molecule has 25 heavy (non-hydrogen) atoms. The lowest BCUT2D eigenvalue weighted by atomic mass is 10.0. The fourth-order valence-electron chi connectivity index (χ4n) is 3.32. The van der Waals surface area contributed by atoms with Gasteiger partial charge in [-0.25, -0.2) is 4.98 Å². The number of aryl methyl sites for hydroxylation is 3. The summed E-state index contributed by atoms with van der Waals surface area (Å²) in [5.41, 5.74) is 5.74. The van der Waals surface area contributed by atoms with Crippen LogP contribution in [0.15, 0.2) is 47.2 Å². The first-order valence-electron chi connectivity index (χ1n) is 8.39. The summed E-state index contributed by atoms with van der Waals surface area (Å²) in [6.07, 6.45) is 5.15. The second-order valence-corrected chi connectivity index (χ2v) is 6.46. The molecule has 5 nitrogen and oxygen atoms in total. The van der Waals surface area contributed by atoms with E-state index in [2.05, 4.69) is 27.4 Å². The van der Waals surface area contributed by atoms with Gasteiger partial charge >= 0.3 is 0 Å². The predicted octanol–water partition coefficient (Wildman–Crippen LogP) is 3.77. The van der Waals surface area contributed by atoms with E-state index in [1.165, 1.54) is 11.1 Å². The monoisotopic (exact) mass is 333 g/mol. The molecule has 1 aliphatic rings. The van der Waals surface area contributed by atoms with Crippen molar-refractivity contribution in [3.63, 3.8) is 0 Å². The Bertz CT molecular complexity index is 946. The first-order valence-corrected chi connectivity index (χ1v) is 8.39. The molecule has 3 aromatic rings. The minimum atomic E-state index is -0.0595. The van der Waals surface area contributed by atoms with Gasteiger partial charge in [-0.1, -0.05) is 6.07 Å². The van der Waals surface area contributed by atoms with Crippen LogP contribution in [0.25, 0.3) is 11.5 Å². The summed E-state index contributed by atoms with van der Waals surface area (Å²) in [7, 11) is 0. The number of aromatic nitrogens is 2. The third-order valence-corrected chi connectivity index (χ3v) is 4.55. The number of fused-ring (bicyclic) bond motifs is 1. The molecule has 0 radical (unpaired) electrons. The maximum atomic E-state index is 12.5. The largest absolute Gasteiger partial charge is 0.444 e. The van der Waals surface area contributed by atoms with Gasteiger partial charge in [-0.3, -0.25) is 9.78 Å². The molecule has 0 spiro atoms. The summed E-state index contributed by atoms with van der Waals surface area (Å²) in [5.74, 6) is 0.579. The lowest BCUT2D eigenvalue weighted by molar-refractivity contribution is 0.0936. The lowest BCUT2D eigenvalue weighted by Gasteiger charge is -2.14. The Kier molecular flexibility index (Phi) is 3.84. The number of nitrogens with zero attached hydrogens (tertiary/aromatic N) is 2. The van der Waals surface area contributed by atoms with Crippen LogP contribution in [-0.4, -0.2) is 15.9 Å². The second kappa shape index (κ2) is 6.16. The maximum Gasteiger partial charge on any atom is 0.251 e. The van der Waals surface area contributed by atoms with E-state index in [1.807, 2.05) is 19.9 Å². The van der Waals surface area contributed by atoms with Crippen LogP contribution in [0, 0.1) is 13.8 Å². The molecule has 1 atom stereocenters. The third-order valence-electron chi connectivity index (χ3n) is 4.55. The number of hydrogen-bond donors (Lipinski definition) is 1. The van der Waals surface area contributed by atoms with Crippen LogP contribution in [-0.2, 0) is 6.42 Å². The number of pyridine rings is 1. The van der Waals surface area contributed by atoms with Crippen LogP contribution < -0.4 is 5.32 Å². The third kappa shape index (κ3) is 3.05. The predicted molar refractivity (Wildman–Crippen MR) is 94.2 cm³/mol. The van der Waals surface area contributed by atoms with Gasteiger partial charge in [-0.15, -0.1) is 0 Å². The Balaban J connectivity index is 1.55. The minimum Gasteiger partial charge on any atom is -0.444 e. The average molecular weight is 333 g/mol. The molecule has 4 rings (SSSR count). The molecule has 1 unspecified atom stereocenters. The van der Waals surface area contributed by atoms with Gasteiger partial charge < -0.3 is 9.73 Å². The number of amides is 1. The number of hydrogen-bond acceptors (Lipinski definition) is 4. The normalized spacial score (nSPS) is 15.8. The summed E-state index contributed by atoms with van der Waals surface area (Å²) < 4.78 is 5.48. The van der Waals surface area contributed by atoms with Crippen molar-refractivity contribution in [2.24, 2.45) is 0 Å². The molecule has 0 saturated heterocycles. The van der Waals surface area contributed by atoms with E-state index in [-0.39, 0.29) is 11.9 Å². The highest BCUT2D eigenvalue weighted by atomic mass is 16.3. The molecule has 1 amide bonds. The Morgan fingerprint density at radius 3 is 2.84 bits per heavy atom. The van der Waals surface area contributed by atoms with Crippen molar-refractivity contribution in [1.82, 2.24) is 15.3 Å². The topological polar surface area (TPSA) is 68.0 Å². The fourth-order valence-corrected chi connectivity index (χ4v) is 3.32. The fraction of sp³-hybridized carbons (Fsp3) is 0.250. The SMILES string of the molecule is Cc1cc(C(=O)NC2CCc3cc(-c4nc(C)co4)ccc32)ccn1. The van der Waals surface area contributed by atoms with Crippen LogP contribution in [0.4, 0.5) is 0 Å². The van der Waals surface area contributed by atoms with Gasteiger partial charge in [-0.2, -0.15) is 0 Å². The molecule has 1 N–H and O–H groups in total. The van der Waals surface area contributed by atoms with Crippen molar-refractivity contribution in [3.8, 4) is 11.5 Å². The van der Waals surface area contributed by atoms with Crippen molar-refractivity contribution in [2.45, 2.75) is 32.7 Å². The summed E-state index contributed by atoms with van der Waals surface area (Å²) in [5, 5.41) is 3.14. The van der Waals surface area contributed by atoms with Gasteiger partial charge in [0.1, 0.15) is 6.26 Å². The van der Waals surface area contributed by atoms with Gasteiger partial charge in [-0.05, 0) is 62.1 Å². The van der Waals surface area contributed by atoms with Crippen LogP contribution in [0.2, 0.25) is 0 Å². The highest BCUT2D eigenvalue weighted by Gasteiger charge is 2.25. The van der Waals surface area contributed by atoms with E-state index >= 15 is 0 Å². The Hall–Kier alpha value is -2.95. The van der Waals surface area contributed by atoms with Gasteiger partial charge in [0, 0.05) is 23.0 Å². The summed E-state index contributed by atoms with van der Waals surface area (Å²) >= 11 is 0. The van der Waals surface area contributed by atoms with Crippen LogP contribution in [0.1, 0.15) is 45.3 Å². The van der Waals surface area contributed by atoms with Gasteiger partial charge in [0.25, 0.3) is 5.91 Å². The first kappa shape index (κ1) is 15.6. The average Bonchev–Trinajstić information content (AvgIpc) is 3.21. The zero-order valence-electron chi connectivity index (χ0n) is 14.2. The molecular formula is C20H19N3O2. The zero-order valence-corrected chi connectivity index (χ0v) is 14.2. The van der Waals surface area contributed by atoms with E-state index in [1.54, 1.807) is 24.6 Å². The maximum absolute atomic E-state index is 12.5. The van der Waals surface area contributed by atoms with Crippen molar-refractivity contribution < 1.29 is 9.21 Å². The quantitative estimate of drug-likeness (QED) is 0.792. The molecule has 2 aromatic heterocycles. The number of carbonyl (C=O) groups excluding carboxylic acids is 1. The Labute approximate surface area is 146 Å². The minimum absolute atomic E-state index is 0.0383. The van der Waals surface area contributed by atoms with Crippen molar-refractivity contribution in [1.29, 1.82) is 0 Å². The molecule has 0 aliphatic heterocycles. The van der Waals surface area contributed by atoms with E-state index in [0.717, 1.165) is 29.8 Å². The molecule has 0 bridgehead atoms. The molecule has 126 valence electrons. The van der Waals surface area contributed by atoms with E-state index in [0.29, 0.717) is 11.5 Å². The highest BCUT2D eigenvalue weighted by Crippen LogP contribution is 2.34. The van der Waals surface area contributed by atoms with E-state index in [9.17, 15) is 4.79 Å². The number of rotatable bonds is 3. The van der Waals surface area contributed by atoms with Gasteiger partial charge in [0.15, 0.2) is 0 Å². The summed E-state index contributed by atoms with van der Waals surface area (Å²) in [4.78, 5) is 21.0. The molecule has 5 heteroatoms. The van der Waals surface area contributed by atoms with Crippen LogP contribution >= 0.6 is 0 Å². The lowest BCUT2D eigenvalue weighted by Crippen LogP contribution is -2.27. The molecular weight excluding hydrogens is 314 g/mol. The number of nitrogens with one attached hydrogen (secondary N) is 1. The second-order valence-electron chi connectivity index (χ2n) is 6.46. The van der Waals surface area contributed by atoms with E-state index < -0.39 is 0 Å². The van der Waals surface area contributed by atoms with Crippen molar-refractivity contribution in [3.05, 3.63) is 70.9 Å².